The van der Waals surface area contributed by atoms with Gasteiger partial charge in [0.05, 0.1) is 12.5 Å². The van der Waals surface area contributed by atoms with Crippen molar-refractivity contribution in [2.45, 2.75) is 31.5 Å². The van der Waals surface area contributed by atoms with Crippen molar-refractivity contribution in [1.82, 2.24) is 15.0 Å². The van der Waals surface area contributed by atoms with Gasteiger partial charge in [-0.1, -0.05) is 11.8 Å². The van der Waals surface area contributed by atoms with E-state index >= 15 is 0 Å². The third kappa shape index (κ3) is 3.04. The quantitative estimate of drug-likeness (QED) is 0.533. The normalized spacial score (nSPS) is 11.7. The molecule has 0 bridgehead atoms. The van der Waals surface area contributed by atoms with Crippen molar-refractivity contribution in [3.05, 3.63) is 11.8 Å². The maximum absolute atomic E-state index is 12.0. The van der Waals surface area contributed by atoms with Gasteiger partial charge in [-0.25, -0.2) is 9.78 Å². The molecule has 108 valence electrons. The number of ether oxygens (including phenoxy) is 2. The molecule has 20 heavy (non-hydrogen) atoms. The smallest absolute Gasteiger partial charge is 0.355 e. The van der Waals surface area contributed by atoms with Crippen LogP contribution in [-0.2, 0) is 4.74 Å². The largest absolute Gasteiger partial charge is 0.480 e. The number of H-pyrrole nitrogens is 1. The highest BCUT2D eigenvalue weighted by Crippen LogP contribution is 2.26. The number of esters is 1. The Balaban J connectivity index is 2.45. The van der Waals surface area contributed by atoms with Gasteiger partial charge in [-0.3, -0.25) is 0 Å². The number of rotatable bonds is 3. The lowest BCUT2D eigenvalue weighted by Crippen LogP contribution is -2.24. The summed E-state index contributed by atoms with van der Waals surface area (Å²) < 4.78 is 10.5. The summed E-state index contributed by atoms with van der Waals surface area (Å²) in [6.07, 6.45) is 1.87. The van der Waals surface area contributed by atoms with Crippen molar-refractivity contribution in [3.63, 3.8) is 0 Å². The fourth-order valence-corrected chi connectivity index (χ4v) is 2.01. The number of thioether (sulfide) groups is 1. The first-order chi connectivity index (χ1) is 9.34. The summed E-state index contributed by atoms with van der Waals surface area (Å²) in [6.45, 7) is 5.46. The maximum atomic E-state index is 12.0. The van der Waals surface area contributed by atoms with Gasteiger partial charge in [0.15, 0.2) is 5.16 Å². The maximum Gasteiger partial charge on any atom is 0.355 e. The molecule has 0 aliphatic rings. The van der Waals surface area contributed by atoms with E-state index in [9.17, 15) is 4.79 Å². The average Bonchev–Trinajstić information content (AvgIpc) is 2.79. The fraction of sp³-hybridized carbons (Fsp3) is 0.462. The third-order valence-corrected chi connectivity index (χ3v) is 2.97. The van der Waals surface area contributed by atoms with Crippen molar-refractivity contribution in [2.24, 2.45) is 0 Å². The van der Waals surface area contributed by atoms with E-state index in [0.29, 0.717) is 27.8 Å². The van der Waals surface area contributed by atoms with Crippen molar-refractivity contribution < 1.29 is 14.3 Å². The average molecular weight is 295 g/mol. The molecule has 2 rings (SSSR count). The van der Waals surface area contributed by atoms with Crippen LogP contribution in [0, 0.1) is 0 Å². The number of carbonyl (C=O) groups is 1. The molecule has 0 amide bonds. The number of fused-ring (bicyclic) bond motifs is 1. The summed E-state index contributed by atoms with van der Waals surface area (Å²) >= 11 is 1.40. The topological polar surface area (TPSA) is 77.1 Å². The standard InChI is InChI=1S/C13H17N3O3S/c1-13(2,3)19-11(17)8-6-7-9(14-8)15-12(20-5)16-10(7)18-4/h6H,1-5H3,(H,14,15,16). The van der Waals surface area contributed by atoms with Crippen LogP contribution in [0.25, 0.3) is 11.0 Å². The summed E-state index contributed by atoms with van der Waals surface area (Å²) in [5, 5.41) is 1.23. The lowest BCUT2D eigenvalue weighted by Gasteiger charge is -2.18. The number of nitrogens with one attached hydrogen (secondary N) is 1. The number of methoxy groups -OCH3 is 1. The number of hydrogen-bond acceptors (Lipinski definition) is 6. The van der Waals surface area contributed by atoms with Gasteiger partial charge in [-0.15, -0.1) is 0 Å². The number of aromatic amines is 1. The van der Waals surface area contributed by atoms with Crippen LogP contribution in [0.15, 0.2) is 11.2 Å². The highest BCUT2D eigenvalue weighted by atomic mass is 32.2. The molecule has 0 aliphatic heterocycles. The molecule has 0 unspecified atom stereocenters. The lowest BCUT2D eigenvalue weighted by atomic mass is 10.2. The second-order valence-electron chi connectivity index (χ2n) is 5.17. The Morgan fingerprint density at radius 1 is 1.35 bits per heavy atom. The molecule has 2 aromatic rings. The van der Waals surface area contributed by atoms with E-state index in [1.165, 1.54) is 18.9 Å². The summed E-state index contributed by atoms with van der Waals surface area (Å²) in [5.41, 5.74) is 0.344. The van der Waals surface area contributed by atoms with Crippen LogP contribution in [0.3, 0.4) is 0 Å². The van der Waals surface area contributed by atoms with E-state index in [4.69, 9.17) is 9.47 Å². The molecule has 0 saturated heterocycles. The van der Waals surface area contributed by atoms with Crippen molar-refractivity contribution >= 4 is 28.8 Å². The molecular formula is C13H17N3O3S. The van der Waals surface area contributed by atoms with E-state index in [-0.39, 0.29) is 0 Å². The number of nitrogens with zero attached hydrogens (tertiary/aromatic N) is 2. The minimum atomic E-state index is -0.547. The summed E-state index contributed by atoms with van der Waals surface area (Å²) in [5.74, 6) is 0.00802. The molecule has 0 atom stereocenters. The zero-order valence-corrected chi connectivity index (χ0v) is 12.9. The van der Waals surface area contributed by atoms with Gasteiger partial charge in [0, 0.05) is 0 Å². The molecule has 2 heterocycles. The van der Waals surface area contributed by atoms with Crippen molar-refractivity contribution in [1.29, 1.82) is 0 Å². The highest BCUT2D eigenvalue weighted by Gasteiger charge is 2.21. The molecule has 0 spiro atoms. The van der Waals surface area contributed by atoms with E-state index in [0.717, 1.165) is 0 Å². The molecule has 0 aliphatic carbocycles. The first kappa shape index (κ1) is 14.6. The van der Waals surface area contributed by atoms with Crippen molar-refractivity contribution in [2.75, 3.05) is 13.4 Å². The number of carbonyl (C=O) groups excluding carboxylic acids is 1. The van der Waals surface area contributed by atoms with E-state index < -0.39 is 11.6 Å². The molecule has 2 aromatic heterocycles. The Morgan fingerprint density at radius 2 is 2.05 bits per heavy atom. The summed E-state index contributed by atoms with van der Waals surface area (Å²) in [4.78, 5) is 23.5. The van der Waals surface area contributed by atoms with Crippen LogP contribution in [0.4, 0.5) is 0 Å². The molecule has 0 saturated carbocycles. The SMILES string of the molecule is COc1nc(SC)nc2[nH]c(C(=O)OC(C)(C)C)cc12. The van der Waals surface area contributed by atoms with Gasteiger partial charge in [0.25, 0.3) is 0 Å². The molecule has 0 aromatic carbocycles. The molecule has 6 nitrogen and oxygen atoms in total. The summed E-state index contributed by atoms with van der Waals surface area (Å²) in [7, 11) is 1.53. The Bertz CT molecular complexity index is 646. The first-order valence-electron chi connectivity index (χ1n) is 6.06. The molecule has 0 radical (unpaired) electrons. The second kappa shape index (κ2) is 5.32. The third-order valence-electron chi connectivity index (χ3n) is 2.43. The Morgan fingerprint density at radius 3 is 2.60 bits per heavy atom. The zero-order chi connectivity index (χ0) is 14.9. The lowest BCUT2D eigenvalue weighted by molar-refractivity contribution is 0.00638. The van der Waals surface area contributed by atoms with Gasteiger partial charge < -0.3 is 14.5 Å². The highest BCUT2D eigenvalue weighted by molar-refractivity contribution is 7.98. The second-order valence-corrected chi connectivity index (χ2v) is 5.94. The van der Waals surface area contributed by atoms with Gasteiger partial charge in [-0.05, 0) is 33.1 Å². The minimum absolute atomic E-state index is 0.334. The van der Waals surface area contributed by atoms with E-state index in [1.54, 1.807) is 6.07 Å². The Labute approximate surface area is 121 Å². The van der Waals surface area contributed by atoms with E-state index in [1.807, 2.05) is 27.0 Å². The monoisotopic (exact) mass is 295 g/mol. The zero-order valence-electron chi connectivity index (χ0n) is 12.1. The van der Waals surface area contributed by atoms with Crippen LogP contribution in [0.5, 0.6) is 5.88 Å². The van der Waals surface area contributed by atoms with Gasteiger partial charge in [-0.2, -0.15) is 4.98 Å². The Kier molecular flexibility index (Phi) is 3.89. The molecular weight excluding hydrogens is 278 g/mol. The van der Waals surface area contributed by atoms with Crippen LogP contribution < -0.4 is 4.74 Å². The van der Waals surface area contributed by atoms with Gasteiger partial charge in [0.2, 0.25) is 5.88 Å². The predicted molar refractivity (Wildman–Crippen MR) is 77.4 cm³/mol. The van der Waals surface area contributed by atoms with Crippen LogP contribution in [0.1, 0.15) is 31.3 Å². The minimum Gasteiger partial charge on any atom is -0.480 e. The van der Waals surface area contributed by atoms with Crippen LogP contribution in [-0.4, -0.2) is 39.9 Å². The fourth-order valence-electron chi connectivity index (χ4n) is 1.65. The summed E-state index contributed by atoms with van der Waals surface area (Å²) in [6, 6.07) is 1.65. The van der Waals surface area contributed by atoms with Crippen LogP contribution >= 0.6 is 11.8 Å². The Hall–Kier alpha value is -1.76. The molecule has 7 heteroatoms. The molecule has 0 fully saturated rings. The van der Waals surface area contributed by atoms with E-state index in [2.05, 4.69) is 15.0 Å². The van der Waals surface area contributed by atoms with Crippen molar-refractivity contribution in [3.8, 4) is 5.88 Å². The van der Waals surface area contributed by atoms with Gasteiger partial charge >= 0.3 is 5.97 Å². The van der Waals surface area contributed by atoms with Gasteiger partial charge in [0.1, 0.15) is 16.9 Å². The number of hydrogen-bond donors (Lipinski definition) is 1. The predicted octanol–water partition coefficient (Wildman–Crippen LogP) is 2.64. The number of aromatic nitrogens is 3. The molecule has 1 N–H and O–H groups in total. The van der Waals surface area contributed by atoms with Crippen LogP contribution in [0.2, 0.25) is 0 Å². The first-order valence-corrected chi connectivity index (χ1v) is 7.28.